The van der Waals surface area contributed by atoms with Crippen LogP contribution in [0.15, 0.2) is 47.4 Å². The molecule has 0 radical (unpaired) electrons. The fraction of sp³-hybridized carbons (Fsp3) is 0.381. The Kier molecular flexibility index (Phi) is 7.21. The molecule has 9 nitrogen and oxygen atoms in total. The van der Waals surface area contributed by atoms with E-state index in [1.165, 1.54) is 16.8 Å². The van der Waals surface area contributed by atoms with Gasteiger partial charge in [0, 0.05) is 38.2 Å². The molecule has 3 rings (SSSR count). The number of amides is 1. The monoisotopic (exact) mass is 413 g/mol. The van der Waals surface area contributed by atoms with Gasteiger partial charge in [0.2, 0.25) is 5.95 Å². The summed E-state index contributed by atoms with van der Waals surface area (Å²) in [6.45, 7) is 1.76. The zero-order chi connectivity index (χ0) is 21.5. The predicted octanol–water partition coefficient (Wildman–Crippen LogP) is 0.0952. The highest BCUT2D eigenvalue weighted by Crippen LogP contribution is 2.25. The molecule has 1 aliphatic rings. The van der Waals surface area contributed by atoms with Gasteiger partial charge in [0.25, 0.3) is 11.5 Å². The first-order valence-electron chi connectivity index (χ1n) is 9.82. The van der Waals surface area contributed by atoms with Crippen LogP contribution in [0, 0.1) is 0 Å². The van der Waals surface area contributed by atoms with Crippen molar-refractivity contribution in [1.29, 1.82) is 0 Å². The molecule has 4 N–H and O–H groups in total. The van der Waals surface area contributed by atoms with Crippen LogP contribution < -0.4 is 21.5 Å². The molecule has 1 fully saturated rings. The van der Waals surface area contributed by atoms with E-state index in [2.05, 4.69) is 10.3 Å². The number of aromatic nitrogens is 2. The van der Waals surface area contributed by atoms with Crippen LogP contribution >= 0.6 is 0 Å². The van der Waals surface area contributed by atoms with E-state index in [0.717, 1.165) is 5.56 Å². The van der Waals surface area contributed by atoms with Gasteiger partial charge < -0.3 is 25.8 Å². The number of anilines is 1. The molecule has 9 heteroatoms. The van der Waals surface area contributed by atoms with Crippen molar-refractivity contribution in [2.45, 2.75) is 12.5 Å². The molecule has 0 saturated carbocycles. The number of nitrogens with zero attached hydrogens (tertiary/aromatic N) is 3. The molecule has 0 aliphatic carbocycles. The Balaban J connectivity index is 1.76. The van der Waals surface area contributed by atoms with Gasteiger partial charge in [-0.15, -0.1) is 0 Å². The number of aliphatic hydroxyl groups excluding tert-OH is 1. The van der Waals surface area contributed by atoms with Gasteiger partial charge in [0.15, 0.2) is 0 Å². The maximum Gasteiger partial charge on any atom is 0.254 e. The van der Waals surface area contributed by atoms with Crippen molar-refractivity contribution >= 4 is 11.9 Å². The number of hydrogen-bond donors (Lipinski definition) is 3. The van der Waals surface area contributed by atoms with Gasteiger partial charge in [-0.3, -0.25) is 14.2 Å². The first-order valence-corrected chi connectivity index (χ1v) is 9.82. The normalized spacial score (nSPS) is 16.7. The van der Waals surface area contributed by atoms with Crippen LogP contribution in [-0.4, -0.2) is 53.4 Å². The third-order valence-corrected chi connectivity index (χ3v) is 4.92. The molecule has 2 heterocycles. The second kappa shape index (κ2) is 10.0. The van der Waals surface area contributed by atoms with Gasteiger partial charge in [-0.1, -0.05) is 18.2 Å². The van der Waals surface area contributed by atoms with E-state index in [0.29, 0.717) is 43.3 Å². The first-order chi connectivity index (χ1) is 14.5. The maximum absolute atomic E-state index is 12.4. The molecule has 0 bridgehead atoms. The van der Waals surface area contributed by atoms with E-state index >= 15 is 0 Å². The van der Waals surface area contributed by atoms with Crippen molar-refractivity contribution in [3.63, 3.8) is 0 Å². The minimum Gasteiger partial charge on any atom is -0.405 e. The van der Waals surface area contributed by atoms with Crippen molar-refractivity contribution in [3.05, 3.63) is 69.8 Å². The average Bonchev–Trinajstić information content (AvgIpc) is 2.78. The summed E-state index contributed by atoms with van der Waals surface area (Å²) in [7, 11) is 1.71. The molecule has 1 aliphatic heterocycles. The smallest absolute Gasteiger partial charge is 0.254 e. The lowest BCUT2D eigenvalue weighted by Gasteiger charge is -2.34. The SMILES string of the molecule is Cn1c(N2CCO[C@@H](c3ccc(C(=O)NCCO)cc3)C2)nc(C/C=C\N)cc1=O. The van der Waals surface area contributed by atoms with E-state index in [1.54, 1.807) is 25.3 Å². The number of rotatable bonds is 7. The molecule has 1 aromatic carbocycles. The summed E-state index contributed by atoms with van der Waals surface area (Å²) in [5.41, 5.74) is 7.40. The van der Waals surface area contributed by atoms with E-state index in [4.69, 9.17) is 15.6 Å². The Morgan fingerprint density at radius 3 is 2.87 bits per heavy atom. The topological polar surface area (TPSA) is 123 Å². The number of hydrogen-bond acceptors (Lipinski definition) is 7. The molecule has 160 valence electrons. The second-order valence-electron chi connectivity index (χ2n) is 6.98. The molecule has 2 aromatic rings. The van der Waals surface area contributed by atoms with Gasteiger partial charge in [-0.05, 0) is 23.9 Å². The molecule has 0 spiro atoms. The largest absolute Gasteiger partial charge is 0.405 e. The average molecular weight is 413 g/mol. The van der Waals surface area contributed by atoms with Crippen molar-refractivity contribution < 1.29 is 14.6 Å². The van der Waals surface area contributed by atoms with Crippen LogP contribution in [0.5, 0.6) is 0 Å². The van der Waals surface area contributed by atoms with Crippen LogP contribution in [0.2, 0.25) is 0 Å². The molecule has 1 atom stereocenters. The quantitative estimate of drug-likeness (QED) is 0.588. The summed E-state index contributed by atoms with van der Waals surface area (Å²) in [5, 5.41) is 11.4. The summed E-state index contributed by atoms with van der Waals surface area (Å²) < 4.78 is 7.46. The third-order valence-electron chi connectivity index (χ3n) is 4.92. The van der Waals surface area contributed by atoms with Crippen molar-refractivity contribution in [1.82, 2.24) is 14.9 Å². The highest BCUT2D eigenvalue weighted by molar-refractivity contribution is 5.94. The standard InChI is InChI=1S/C21H27N5O4/c1-25-19(28)13-17(3-2-8-22)24-21(25)26-10-12-30-18(14-26)15-4-6-16(7-5-15)20(29)23-9-11-27/h2,4-8,13,18,27H,3,9-12,14,22H2,1H3,(H,23,29)/b8-2-/t18-/m1/s1. The Morgan fingerprint density at radius 2 is 2.17 bits per heavy atom. The minimum absolute atomic E-state index is 0.101. The lowest BCUT2D eigenvalue weighted by Crippen LogP contribution is -2.42. The molecule has 1 aromatic heterocycles. The Bertz CT molecular complexity index is 955. The number of aliphatic hydroxyl groups is 1. The van der Waals surface area contributed by atoms with Crippen molar-refractivity contribution in [2.24, 2.45) is 12.8 Å². The molecule has 30 heavy (non-hydrogen) atoms. The summed E-state index contributed by atoms with van der Waals surface area (Å²) in [4.78, 5) is 31.0. The molecular formula is C21H27N5O4. The van der Waals surface area contributed by atoms with Crippen LogP contribution in [0.3, 0.4) is 0 Å². The fourth-order valence-electron chi connectivity index (χ4n) is 3.30. The molecule has 1 amide bonds. The minimum atomic E-state index is -0.232. The molecule has 1 saturated heterocycles. The van der Waals surface area contributed by atoms with Crippen LogP contribution in [-0.2, 0) is 18.2 Å². The highest BCUT2D eigenvalue weighted by Gasteiger charge is 2.25. The summed E-state index contributed by atoms with van der Waals surface area (Å²) in [6.07, 6.45) is 3.48. The second-order valence-corrected chi connectivity index (χ2v) is 6.98. The predicted molar refractivity (Wildman–Crippen MR) is 113 cm³/mol. The number of nitrogens with one attached hydrogen (secondary N) is 1. The van der Waals surface area contributed by atoms with Gasteiger partial charge in [0.05, 0.1) is 25.5 Å². The van der Waals surface area contributed by atoms with Gasteiger partial charge >= 0.3 is 0 Å². The van der Waals surface area contributed by atoms with Gasteiger partial charge in [0.1, 0.15) is 6.10 Å². The number of nitrogens with two attached hydrogens (primary N) is 1. The zero-order valence-corrected chi connectivity index (χ0v) is 17.0. The van der Waals surface area contributed by atoms with Crippen molar-refractivity contribution in [2.75, 3.05) is 37.7 Å². The van der Waals surface area contributed by atoms with Crippen LogP contribution in [0.1, 0.15) is 27.7 Å². The van der Waals surface area contributed by atoms with E-state index in [-0.39, 0.29) is 30.7 Å². The fourth-order valence-corrected chi connectivity index (χ4v) is 3.30. The van der Waals surface area contributed by atoms with Crippen LogP contribution in [0.25, 0.3) is 0 Å². The number of ether oxygens (including phenoxy) is 1. The van der Waals surface area contributed by atoms with E-state index < -0.39 is 0 Å². The summed E-state index contributed by atoms with van der Waals surface area (Å²) in [5.74, 6) is 0.362. The Hall–Kier alpha value is -3.17. The zero-order valence-electron chi connectivity index (χ0n) is 17.0. The van der Waals surface area contributed by atoms with E-state index in [1.807, 2.05) is 17.0 Å². The third kappa shape index (κ3) is 5.05. The first kappa shape index (κ1) is 21.5. The van der Waals surface area contributed by atoms with Crippen molar-refractivity contribution in [3.8, 4) is 0 Å². The number of benzene rings is 1. The van der Waals surface area contributed by atoms with Gasteiger partial charge in [-0.2, -0.15) is 0 Å². The number of allylic oxidation sites excluding steroid dienone is 1. The number of morpholine rings is 1. The molecule has 0 unspecified atom stereocenters. The number of carbonyl (C=O) groups is 1. The maximum atomic E-state index is 12.4. The van der Waals surface area contributed by atoms with Gasteiger partial charge in [-0.25, -0.2) is 4.98 Å². The number of carbonyl (C=O) groups excluding carboxylic acids is 1. The summed E-state index contributed by atoms with van der Waals surface area (Å²) in [6, 6.07) is 8.70. The lowest BCUT2D eigenvalue weighted by molar-refractivity contribution is 0.0389. The Labute approximate surface area is 174 Å². The highest BCUT2D eigenvalue weighted by atomic mass is 16.5. The van der Waals surface area contributed by atoms with Crippen LogP contribution in [0.4, 0.5) is 5.95 Å². The lowest BCUT2D eigenvalue weighted by atomic mass is 10.1. The Morgan fingerprint density at radius 1 is 1.40 bits per heavy atom. The van der Waals surface area contributed by atoms with E-state index in [9.17, 15) is 9.59 Å². The molecular weight excluding hydrogens is 386 g/mol. The summed E-state index contributed by atoms with van der Waals surface area (Å²) >= 11 is 0.